The number of methoxy groups -OCH3 is 2. The molecule has 18 nitrogen and oxygen atoms in total. The van der Waals surface area contributed by atoms with Gasteiger partial charge in [0, 0.05) is 58.7 Å². The van der Waals surface area contributed by atoms with Gasteiger partial charge in [-0.1, -0.05) is 6.07 Å². The number of unbranched alkanes of at least 4 members (excludes halogenated alkanes) is 1. The van der Waals surface area contributed by atoms with Gasteiger partial charge in [-0.3, -0.25) is 34.0 Å². The number of hydrogen-bond acceptors (Lipinski definition) is 16. The lowest BCUT2D eigenvalue weighted by molar-refractivity contribution is -0.148. The predicted octanol–water partition coefficient (Wildman–Crippen LogP) is -2.42. The number of aromatic nitrogens is 1. The molecule has 0 aromatic carbocycles. The van der Waals surface area contributed by atoms with Gasteiger partial charge in [0.25, 0.3) is 0 Å². The zero-order chi connectivity index (χ0) is 39.2. The first-order valence-electron chi connectivity index (χ1n) is 18.1. The van der Waals surface area contributed by atoms with E-state index in [2.05, 4.69) is 10.6 Å². The minimum Gasteiger partial charge on any atom is -0.468 e. The lowest BCUT2D eigenvalue weighted by Gasteiger charge is -2.32. The normalized spacial score (nSPS) is 17.9. The number of carbonyl (C=O) groups excluding carboxylic acids is 4. The minimum absolute atomic E-state index is 0.0546. The number of amides is 2. The first-order valence-corrected chi connectivity index (χ1v) is 18.1. The van der Waals surface area contributed by atoms with Crippen molar-refractivity contribution >= 4 is 23.8 Å². The van der Waals surface area contributed by atoms with Crippen LogP contribution in [0.25, 0.3) is 0 Å². The van der Waals surface area contributed by atoms with Gasteiger partial charge in [-0.05, 0) is 50.7 Å². The summed E-state index contributed by atoms with van der Waals surface area (Å²) in [6.07, 6.45) is -3.40. The lowest BCUT2D eigenvalue weighted by atomic mass is 10.1. The van der Waals surface area contributed by atoms with Crippen LogP contribution in [0.1, 0.15) is 62.8 Å². The number of nitrogens with one attached hydrogen (secondary N) is 2. The van der Waals surface area contributed by atoms with Crippen molar-refractivity contribution in [2.45, 2.75) is 101 Å². The Hall–Kier alpha value is -3.33. The van der Waals surface area contributed by atoms with Crippen LogP contribution in [0.5, 0.6) is 0 Å². The second kappa shape index (κ2) is 25.6. The fraction of sp³-hybridized carbons (Fsp3) is 0.743. The Labute approximate surface area is 310 Å². The second-order valence-electron chi connectivity index (χ2n) is 13.0. The number of pyridine rings is 1. The molecule has 6 atom stereocenters. The molecule has 2 rings (SSSR count). The summed E-state index contributed by atoms with van der Waals surface area (Å²) in [6, 6.07) is 3.79. The molecule has 0 radical (unpaired) electrons. The molecule has 2 bridgehead atoms. The average molecular weight is 758 g/mol. The average Bonchev–Trinajstić information content (AvgIpc) is 3.15. The van der Waals surface area contributed by atoms with Crippen LogP contribution in [0.2, 0.25) is 0 Å². The molecule has 1 aliphatic rings. The Morgan fingerprint density at radius 2 is 1.34 bits per heavy atom. The van der Waals surface area contributed by atoms with Crippen LogP contribution >= 0.6 is 0 Å². The summed E-state index contributed by atoms with van der Waals surface area (Å²) in [6.45, 7) is 0.779. The molecule has 1 aromatic heterocycles. The summed E-state index contributed by atoms with van der Waals surface area (Å²) >= 11 is 0. The molecule has 0 saturated carbocycles. The van der Waals surface area contributed by atoms with E-state index in [1.165, 1.54) is 14.2 Å². The van der Waals surface area contributed by atoms with Crippen LogP contribution in [0.3, 0.4) is 0 Å². The number of ether oxygens (including phenoxy) is 3. The number of esters is 2. The van der Waals surface area contributed by atoms with E-state index in [1.807, 2.05) is 11.0 Å². The van der Waals surface area contributed by atoms with Crippen molar-refractivity contribution < 1.29 is 64.0 Å². The van der Waals surface area contributed by atoms with Crippen molar-refractivity contribution in [3.05, 3.63) is 29.6 Å². The summed E-state index contributed by atoms with van der Waals surface area (Å²) in [5.41, 5.74) is 1.24. The van der Waals surface area contributed by atoms with Crippen molar-refractivity contribution in [3.63, 3.8) is 0 Å². The molecule has 0 spiro atoms. The summed E-state index contributed by atoms with van der Waals surface area (Å²) in [5.74, 6) is -1.80. The first kappa shape index (κ1) is 45.8. The van der Waals surface area contributed by atoms with E-state index in [0.29, 0.717) is 43.7 Å². The molecule has 8 N–H and O–H groups in total. The van der Waals surface area contributed by atoms with Crippen LogP contribution < -0.4 is 10.6 Å². The van der Waals surface area contributed by atoms with Gasteiger partial charge in [-0.25, -0.2) is 0 Å². The molecular weight excluding hydrogens is 698 g/mol. The van der Waals surface area contributed by atoms with Crippen LogP contribution in [-0.4, -0.2) is 173 Å². The van der Waals surface area contributed by atoms with Gasteiger partial charge in [0.05, 0.1) is 63.7 Å². The third-order valence-electron chi connectivity index (χ3n) is 8.98. The van der Waals surface area contributed by atoms with Crippen LogP contribution in [0.15, 0.2) is 18.2 Å². The first-order chi connectivity index (χ1) is 25.4. The van der Waals surface area contributed by atoms with Gasteiger partial charge in [0.1, 0.15) is 18.2 Å². The molecule has 0 saturated heterocycles. The number of nitrogens with zero attached hydrogens (tertiary/aromatic N) is 3. The molecule has 302 valence electrons. The number of carbonyl (C=O) groups is 4. The van der Waals surface area contributed by atoms with E-state index in [0.717, 1.165) is 0 Å². The molecule has 2 amide bonds. The number of fused-ring (bicyclic) bond motifs is 2. The Bertz CT molecular complexity index is 1240. The SMILES string of the molecule is COC(=O)C(CCC(=O)NCCCCC(O)CO)N1CCOCCN([C@@H](CCC(=O)NCC(O)C(O)C(O)CCO)C(=O)OC)Cc2cccc(n2)C1. The summed E-state index contributed by atoms with van der Waals surface area (Å²) in [5, 5.41) is 62.5. The quantitative estimate of drug-likeness (QED) is 0.0452. The highest BCUT2D eigenvalue weighted by Gasteiger charge is 2.31. The van der Waals surface area contributed by atoms with Crippen molar-refractivity contribution in [2.75, 3.05) is 66.8 Å². The largest absolute Gasteiger partial charge is 0.468 e. The Balaban J connectivity index is 2.09. The molecule has 5 unspecified atom stereocenters. The van der Waals surface area contributed by atoms with E-state index >= 15 is 0 Å². The van der Waals surface area contributed by atoms with Gasteiger partial charge in [0.2, 0.25) is 11.8 Å². The van der Waals surface area contributed by atoms with E-state index in [4.69, 9.17) is 29.4 Å². The fourth-order valence-corrected chi connectivity index (χ4v) is 5.88. The van der Waals surface area contributed by atoms with Gasteiger partial charge in [0.15, 0.2) is 0 Å². The molecule has 18 heteroatoms. The smallest absolute Gasteiger partial charge is 0.323 e. The summed E-state index contributed by atoms with van der Waals surface area (Å²) in [7, 11) is 2.54. The minimum atomic E-state index is -1.57. The van der Waals surface area contributed by atoms with E-state index in [1.54, 1.807) is 17.0 Å². The molecule has 0 fully saturated rings. The van der Waals surface area contributed by atoms with E-state index in [9.17, 15) is 39.6 Å². The maximum Gasteiger partial charge on any atom is 0.323 e. The number of hydrogen-bond donors (Lipinski definition) is 8. The molecule has 2 heterocycles. The standard InChI is InChI=1S/C35H59N5O13/c1-51-34(49)27(9-11-31(46)36-14-4-3-8-26(43)23-42)39-15-18-53-19-16-40(22-25-7-5-6-24(21-39)38-25)28(35(50)52-2)10-12-32(47)37-20-30(45)33(48)29(44)13-17-41/h5-7,26-30,33,41-45,48H,3-4,8-23H2,1-2H3,(H,36,46)(H,37,47)/t26?,27?,28-,29?,30?,33?/m0/s1. The molecular formula is C35H59N5O13. The number of aliphatic hydroxyl groups is 6. The third-order valence-corrected chi connectivity index (χ3v) is 8.98. The lowest BCUT2D eigenvalue weighted by Crippen LogP contribution is -2.46. The molecule has 1 aromatic rings. The van der Waals surface area contributed by atoms with Crippen molar-refractivity contribution in [1.82, 2.24) is 25.4 Å². The van der Waals surface area contributed by atoms with Gasteiger partial charge in [-0.15, -0.1) is 0 Å². The van der Waals surface area contributed by atoms with Gasteiger partial charge < -0.3 is 55.5 Å². The van der Waals surface area contributed by atoms with Gasteiger partial charge >= 0.3 is 11.9 Å². The van der Waals surface area contributed by atoms with Crippen LogP contribution in [0, 0.1) is 0 Å². The molecule has 1 aliphatic heterocycles. The highest BCUT2D eigenvalue weighted by atomic mass is 16.5. The summed E-state index contributed by atoms with van der Waals surface area (Å²) in [4.78, 5) is 59.7. The number of aliphatic hydroxyl groups excluding tert-OH is 6. The monoisotopic (exact) mass is 757 g/mol. The maximum absolute atomic E-state index is 13.0. The number of rotatable bonds is 22. The highest BCUT2D eigenvalue weighted by Crippen LogP contribution is 2.18. The zero-order valence-corrected chi connectivity index (χ0v) is 30.8. The Morgan fingerprint density at radius 3 is 1.85 bits per heavy atom. The van der Waals surface area contributed by atoms with Gasteiger partial charge in [-0.2, -0.15) is 0 Å². The second-order valence-corrected chi connectivity index (χ2v) is 13.0. The molecule has 53 heavy (non-hydrogen) atoms. The maximum atomic E-state index is 13.0. The van der Waals surface area contributed by atoms with Crippen molar-refractivity contribution in [1.29, 1.82) is 0 Å². The fourth-order valence-electron chi connectivity index (χ4n) is 5.88. The molecule has 0 aliphatic carbocycles. The van der Waals surface area contributed by atoms with Crippen LogP contribution in [0.4, 0.5) is 0 Å². The topological polar surface area (TPSA) is 261 Å². The van der Waals surface area contributed by atoms with Crippen molar-refractivity contribution in [3.8, 4) is 0 Å². The Kier molecular flexibility index (Phi) is 22.2. The van der Waals surface area contributed by atoms with E-state index < -0.39 is 54.3 Å². The van der Waals surface area contributed by atoms with Crippen LogP contribution in [-0.2, 0) is 46.5 Å². The Morgan fingerprint density at radius 1 is 0.792 bits per heavy atom. The summed E-state index contributed by atoms with van der Waals surface area (Å²) < 4.78 is 16.1. The highest BCUT2D eigenvalue weighted by molar-refractivity contribution is 5.80. The zero-order valence-electron chi connectivity index (χ0n) is 30.8. The third kappa shape index (κ3) is 17.1. The van der Waals surface area contributed by atoms with E-state index in [-0.39, 0.29) is 90.6 Å². The van der Waals surface area contributed by atoms with Crippen molar-refractivity contribution in [2.24, 2.45) is 0 Å². The predicted molar refractivity (Wildman–Crippen MR) is 189 cm³/mol.